The Morgan fingerprint density at radius 1 is 1.31 bits per heavy atom. The standard InChI is InChI=1S/C10H7Cl2NS.C9H18N2O/c1-6-5-14-10(13-6)7-2-3-8(11)9(12)4-7;1-3-11(4-2)9-5-6-10(7-9)8-12/h2-5H,1H3;8-9H,3-7H2,1-2H3. The number of halogens is 2. The third-order valence-electron chi connectivity index (χ3n) is 4.46. The number of carbonyl (C=O) groups excluding carboxylic acids is 1. The number of carbonyl (C=O) groups is 1. The molecule has 2 heterocycles. The van der Waals surface area contributed by atoms with Crippen LogP contribution >= 0.6 is 34.5 Å². The lowest BCUT2D eigenvalue weighted by Crippen LogP contribution is -2.37. The highest BCUT2D eigenvalue weighted by atomic mass is 35.5. The van der Waals surface area contributed by atoms with E-state index in [-0.39, 0.29) is 0 Å². The molecule has 0 N–H and O–H groups in total. The normalized spacial score (nSPS) is 16.5. The van der Waals surface area contributed by atoms with Crippen molar-refractivity contribution in [2.24, 2.45) is 0 Å². The highest BCUT2D eigenvalue weighted by Crippen LogP contribution is 2.30. The first-order chi connectivity index (χ1) is 12.5. The first kappa shape index (κ1) is 21.2. The molecule has 3 rings (SSSR count). The van der Waals surface area contributed by atoms with Crippen LogP contribution in [0.4, 0.5) is 0 Å². The molecule has 0 spiro atoms. The number of hydrogen-bond donors (Lipinski definition) is 0. The van der Waals surface area contributed by atoms with E-state index < -0.39 is 0 Å². The van der Waals surface area contributed by atoms with Crippen LogP contribution < -0.4 is 0 Å². The van der Waals surface area contributed by atoms with Crippen molar-refractivity contribution in [3.63, 3.8) is 0 Å². The molecule has 1 aromatic carbocycles. The molecule has 0 saturated carbocycles. The van der Waals surface area contributed by atoms with Gasteiger partial charge in [0.25, 0.3) is 0 Å². The minimum Gasteiger partial charge on any atom is -0.344 e. The number of hydrogen-bond acceptors (Lipinski definition) is 4. The number of nitrogens with zero attached hydrogens (tertiary/aromatic N) is 3. The minimum absolute atomic E-state index is 0.567. The fourth-order valence-electron chi connectivity index (χ4n) is 3.02. The second-order valence-corrected chi connectivity index (χ2v) is 7.86. The Labute approximate surface area is 169 Å². The van der Waals surface area contributed by atoms with Gasteiger partial charge in [-0.05, 0) is 38.6 Å². The highest BCUT2D eigenvalue weighted by molar-refractivity contribution is 7.13. The van der Waals surface area contributed by atoms with Crippen molar-refractivity contribution in [2.45, 2.75) is 33.2 Å². The van der Waals surface area contributed by atoms with Crippen molar-refractivity contribution in [3.8, 4) is 10.6 Å². The molecule has 0 aliphatic carbocycles. The lowest BCUT2D eigenvalue weighted by molar-refractivity contribution is -0.117. The van der Waals surface area contributed by atoms with E-state index in [0.29, 0.717) is 16.1 Å². The van der Waals surface area contributed by atoms with Gasteiger partial charge in [-0.15, -0.1) is 11.3 Å². The molecule has 2 aromatic rings. The van der Waals surface area contributed by atoms with E-state index >= 15 is 0 Å². The summed E-state index contributed by atoms with van der Waals surface area (Å²) in [6.07, 6.45) is 2.10. The van der Waals surface area contributed by atoms with E-state index in [1.165, 1.54) is 0 Å². The topological polar surface area (TPSA) is 36.4 Å². The smallest absolute Gasteiger partial charge is 0.209 e. The maximum absolute atomic E-state index is 10.5. The fourth-order valence-corrected chi connectivity index (χ4v) is 4.11. The molecule has 1 amide bonds. The Balaban J connectivity index is 0.000000190. The lowest BCUT2D eigenvalue weighted by Gasteiger charge is -2.25. The summed E-state index contributed by atoms with van der Waals surface area (Å²) in [5.74, 6) is 0. The molecule has 142 valence electrons. The first-order valence-electron chi connectivity index (χ1n) is 8.79. The number of amides is 1. The molecular weight excluding hydrogens is 389 g/mol. The van der Waals surface area contributed by atoms with Gasteiger partial charge in [0.2, 0.25) is 6.41 Å². The van der Waals surface area contributed by atoms with Crippen molar-refractivity contribution in [1.82, 2.24) is 14.8 Å². The molecule has 1 fully saturated rings. The Morgan fingerprint density at radius 3 is 2.54 bits per heavy atom. The van der Waals surface area contributed by atoms with E-state index in [0.717, 1.165) is 55.3 Å². The molecule has 1 aliphatic rings. The molecule has 1 atom stereocenters. The molecule has 26 heavy (non-hydrogen) atoms. The van der Waals surface area contributed by atoms with Gasteiger partial charge in [0, 0.05) is 35.8 Å². The van der Waals surface area contributed by atoms with Crippen LogP contribution in [0.2, 0.25) is 10.0 Å². The van der Waals surface area contributed by atoms with Gasteiger partial charge in [-0.3, -0.25) is 9.69 Å². The Bertz CT molecular complexity index is 719. The summed E-state index contributed by atoms with van der Waals surface area (Å²) in [6, 6.07) is 6.15. The van der Waals surface area contributed by atoms with Crippen LogP contribution in [-0.2, 0) is 4.79 Å². The van der Waals surface area contributed by atoms with Crippen LogP contribution in [0, 0.1) is 6.92 Å². The van der Waals surface area contributed by atoms with Gasteiger partial charge in [0.05, 0.1) is 10.0 Å². The van der Waals surface area contributed by atoms with Crippen LogP contribution in [-0.4, -0.2) is 53.4 Å². The molecule has 1 aliphatic heterocycles. The van der Waals surface area contributed by atoms with Crippen molar-refractivity contribution in [2.75, 3.05) is 26.2 Å². The average molecular weight is 414 g/mol. The summed E-state index contributed by atoms with van der Waals surface area (Å²) in [7, 11) is 0. The zero-order valence-corrected chi connectivity index (χ0v) is 17.7. The fraction of sp³-hybridized carbons (Fsp3) is 0.474. The van der Waals surface area contributed by atoms with Gasteiger partial charge in [-0.1, -0.05) is 43.1 Å². The maximum Gasteiger partial charge on any atom is 0.209 e. The largest absolute Gasteiger partial charge is 0.344 e. The lowest BCUT2D eigenvalue weighted by atomic mass is 10.2. The monoisotopic (exact) mass is 413 g/mol. The van der Waals surface area contributed by atoms with Gasteiger partial charge in [-0.25, -0.2) is 4.98 Å². The Morgan fingerprint density at radius 2 is 2.04 bits per heavy atom. The minimum atomic E-state index is 0.567. The number of benzene rings is 1. The van der Waals surface area contributed by atoms with Crippen LogP contribution in [0.1, 0.15) is 26.0 Å². The van der Waals surface area contributed by atoms with Crippen molar-refractivity contribution >= 4 is 40.9 Å². The SMILES string of the molecule is CCN(CC)C1CCN(C=O)C1.Cc1csc(-c2ccc(Cl)c(Cl)c2)n1. The Kier molecular flexibility index (Phi) is 8.35. The van der Waals surface area contributed by atoms with E-state index in [1.807, 2.05) is 29.3 Å². The average Bonchev–Trinajstić information content (AvgIpc) is 3.28. The molecule has 4 nitrogen and oxygen atoms in total. The summed E-state index contributed by atoms with van der Waals surface area (Å²) in [5, 5.41) is 4.12. The van der Waals surface area contributed by atoms with Gasteiger partial charge in [0.1, 0.15) is 5.01 Å². The van der Waals surface area contributed by atoms with E-state index in [1.54, 1.807) is 17.4 Å². The molecule has 1 saturated heterocycles. The van der Waals surface area contributed by atoms with Gasteiger partial charge in [0.15, 0.2) is 0 Å². The van der Waals surface area contributed by atoms with Crippen molar-refractivity contribution in [3.05, 3.63) is 39.3 Å². The zero-order chi connectivity index (χ0) is 19.1. The molecule has 1 unspecified atom stereocenters. The van der Waals surface area contributed by atoms with Gasteiger partial charge in [-0.2, -0.15) is 0 Å². The Hall–Kier alpha value is -1.14. The van der Waals surface area contributed by atoms with Crippen LogP contribution in [0.5, 0.6) is 0 Å². The van der Waals surface area contributed by atoms with E-state index in [9.17, 15) is 4.79 Å². The van der Waals surface area contributed by atoms with E-state index in [4.69, 9.17) is 23.2 Å². The molecule has 7 heteroatoms. The van der Waals surface area contributed by atoms with Crippen LogP contribution in [0.3, 0.4) is 0 Å². The van der Waals surface area contributed by atoms with Gasteiger partial charge < -0.3 is 4.90 Å². The third-order valence-corrected chi connectivity index (χ3v) is 6.21. The second-order valence-electron chi connectivity index (χ2n) is 6.19. The predicted octanol–water partition coefficient (Wildman–Crippen LogP) is 4.98. The summed E-state index contributed by atoms with van der Waals surface area (Å²) >= 11 is 13.3. The van der Waals surface area contributed by atoms with E-state index in [2.05, 4.69) is 23.7 Å². The molecule has 0 radical (unpaired) electrons. The van der Waals surface area contributed by atoms with Crippen molar-refractivity contribution in [1.29, 1.82) is 0 Å². The summed E-state index contributed by atoms with van der Waals surface area (Å²) < 4.78 is 0. The second kappa shape index (κ2) is 10.3. The maximum atomic E-state index is 10.5. The molecule has 1 aromatic heterocycles. The number of rotatable bonds is 5. The summed E-state index contributed by atoms with van der Waals surface area (Å²) in [5.41, 5.74) is 2.04. The van der Waals surface area contributed by atoms with Crippen LogP contribution in [0.25, 0.3) is 10.6 Å². The van der Waals surface area contributed by atoms with Crippen LogP contribution in [0.15, 0.2) is 23.6 Å². The highest BCUT2D eigenvalue weighted by Gasteiger charge is 2.24. The number of likely N-dealkylation sites (tertiary alicyclic amines) is 1. The zero-order valence-electron chi connectivity index (χ0n) is 15.4. The molecule has 0 bridgehead atoms. The quantitative estimate of drug-likeness (QED) is 0.648. The number of aromatic nitrogens is 1. The predicted molar refractivity (Wildman–Crippen MR) is 111 cm³/mol. The number of aryl methyl sites for hydroxylation is 1. The van der Waals surface area contributed by atoms with Crippen molar-refractivity contribution < 1.29 is 4.79 Å². The third kappa shape index (κ3) is 5.68. The number of likely N-dealkylation sites (N-methyl/N-ethyl adjacent to an activating group) is 1. The summed E-state index contributed by atoms with van der Waals surface area (Å²) in [4.78, 5) is 19.1. The first-order valence-corrected chi connectivity index (χ1v) is 10.4. The number of thiazole rings is 1. The van der Waals surface area contributed by atoms with Gasteiger partial charge >= 0.3 is 0 Å². The summed E-state index contributed by atoms with van der Waals surface area (Å²) in [6.45, 7) is 10.4. The molecular formula is C19H25Cl2N3OS.